The highest BCUT2D eigenvalue weighted by Gasteiger charge is 2.27. The van der Waals surface area contributed by atoms with E-state index in [2.05, 4.69) is 0 Å². The molecule has 0 bridgehead atoms. The molecule has 0 spiro atoms. The van der Waals surface area contributed by atoms with Gasteiger partial charge in [-0.3, -0.25) is 9.59 Å². The van der Waals surface area contributed by atoms with Gasteiger partial charge >= 0.3 is 0 Å². The van der Waals surface area contributed by atoms with Gasteiger partial charge < -0.3 is 9.47 Å². The Morgan fingerprint density at radius 1 is 1.29 bits per heavy atom. The van der Waals surface area contributed by atoms with Crippen molar-refractivity contribution in [3.63, 3.8) is 0 Å². The first-order valence-electron chi connectivity index (χ1n) is 6.79. The van der Waals surface area contributed by atoms with Crippen LogP contribution in [0.3, 0.4) is 0 Å². The first kappa shape index (κ1) is 13.5. The minimum Gasteiger partial charge on any atom is -0.348 e. The fraction of sp³-hybridized carbons (Fsp3) is 0.250. The van der Waals surface area contributed by atoms with E-state index in [0.29, 0.717) is 24.2 Å². The molecule has 0 aliphatic carbocycles. The monoisotopic (exact) mass is 286 g/mol. The van der Waals surface area contributed by atoms with Crippen molar-refractivity contribution >= 4 is 17.4 Å². The van der Waals surface area contributed by atoms with Crippen molar-refractivity contribution in [3.05, 3.63) is 53.6 Å². The summed E-state index contributed by atoms with van der Waals surface area (Å²) < 4.78 is 15.0. The molecule has 1 aliphatic rings. The van der Waals surface area contributed by atoms with Crippen LogP contribution < -0.4 is 4.90 Å². The molecule has 1 aromatic carbocycles. The Kier molecular flexibility index (Phi) is 3.33. The lowest BCUT2D eigenvalue weighted by atomic mass is 10.0. The topological polar surface area (TPSA) is 42.3 Å². The first-order chi connectivity index (χ1) is 10.1. The molecule has 2 aromatic rings. The Bertz CT molecular complexity index is 721. The van der Waals surface area contributed by atoms with Gasteiger partial charge in [0.2, 0.25) is 5.91 Å². The number of anilines is 1. The lowest BCUT2D eigenvalue weighted by molar-refractivity contribution is -0.118. The summed E-state index contributed by atoms with van der Waals surface area (Å²) in [5, 5.41) is 0. The SMILES string of the molecule is Cn1cccc1C(=O)CN1C(=O)CCc2cc(F)ccc21. The third-order valence-corrected chi connectivity index (χ3v) is 3.77. The van der Waals surface area contributed by atoms with Gasteiger partial charge in [0.05, 0.1) is 12.2 Å². The molecular weight excluding hydrogens is 271 g/mol. The molecule has 2 heterocycles. The molecule has 0 saturated carbocycles. The normalized spacial score (nSPS) is 14.2. The highest BCUT2D eigenvalue weighted by atomic mass is 19.1. The second-order valence-electron chi connectivity index (χ2n) is 5.18. The van der Waals surface area contributed by atoms with Crippen LogP contribution in [0.15, 0.2) is 36.5 Å². The number of amides is 1. The van der Waals surface area contributed by atoms with Crippen LogP contribution >= 0.6 is 0 Å². The maximum atomic E-state index is 13.3. The maximum absolute atomic E-state index is 13.3. The molecule has 1 aromatic heterocycles. The lowest BCUT2D eigenvalue weighted by Crippen LogP contribution is -2.39. The second kappa shape index (κ2) is 5.16. The fourth-order valence-corrected chi connectivity index (χ4v) is 2.68. The third-order valence-electron chi connectivity index (χ3n) is 3.77. The Morgan fingerprint density at radius 3 is 2.81 bits per heavy atom. The van der Waals surface area contributed by atoms with Crippen molar-refractivity contribution in [1.82, 2.24) is 4.57 Å². The predicted octanol–water partition coefficient (Wildman–Crippen LogP) is 2.33. The number of Topliss-reactive ketones (excluding diaryl/α,β-unsaturated/α-hetero) is 1. The Hall–Kier alpha value is -2.43. The highest BCUT2D eigenvalue weighted by molar-refractivity contribution is 6.06. The molecule has 3 rings (SSSR count). The van der Waals surface area contributed by atoms with E-state index >= 15 is 0 Å². The number of aryl methyl sites for hydroxylation is 2. The lowest BCUT2D eigenvalue weighted by Gasteiger charge is -2.28. The molecule has 4 nitrogen and oxygen atoms in total. The van der Waals surface area contributed by atoms with Crippen molar-refractivity contribution in [2.45, 2.75) is 12.8 Å². The highest BCUT2D eigenvalue weighted by Crippen LogP contribution is 2.28. The largest absolute Gasteiger partial charge is 0.348 e. The zero-order chi connectivity index (χ0) is 15.0. The zero-order valence-electron chi connectivity index (χ0n) is 11.7. The van der Waals surface area contributed by atoms with Crippen LogP contribution in [0.5, 0.6) is 0 Å². The van der Waals surface area contributed by atoms with E-state index < -0.39 is 0 Å². The molecular formula is C16H15FN2O2. The average molecular weight is 286 g/mol. The van der Waals surface area contributed by atoms with Gasteiger partial charge in [-0.1, -0.05) is 0 Å². The van der Waals surface area contributed by atoms with Crippen LogP contribution in [0, 0.1) is 5.82 Å². The van der Waals surface area contributed by atoms with E-state index in [4.69, 9.17) is 0 Å². The Morgan fingerprint density at radius 2 is 2.10 bits per heavy atom. The summed E-state index contributed by atoms with van der Waals surface area (Å²) in [6, 6.07) is 7.83. The summed E-state index contributed by atoms with van der Waals surface area (Å²) in [5.74, 6) is -0.554. The molecule has 5 heteroatoms. The minimum atomic E-state index is -0.322. The van der Waals surface area contributed by atoms with Crippen LogP contribution in [0.25, 0.3) is 0 Å². The van der Waals surface area contributed by atoms with E-state index in [1.807, 2.05) is 0 Å². The smallest absolute Gasteiger partial charge is 0.227 e. The summed E-state index contributed by atoms with van der Waals surface area (Å²) in [5.41, 5.74) is 1.96. The number of nitrogens with zero attached hydrogens (tertiary/aromatic N) is 2. The van der Waals surface area contributed by atoms with E-state index in [1.54, 1.807) is 36.0 Å². The van der Waals surface area contributed by atoms with Gasteiger partial charge in [-0.15, -0.1) is 0 Å². The van der Waals surface area contributed by atoms with Gasteiger partial charge in [0.25, 0.3) is 0 Å². The standard InChI is InChI=1S/C16H15FN2O2/c1-18-8-2-3-14(18)15(20)10-19-13-6-5-12(17)9-11(13)4-7-16(19)21/h2-3,5-6,8-9H,4,7,10H2,1H3. The summed E-state index contributed by atoms with van der Waals surface area (Å²) >= 11 is 0. The first-order valence-corrected chi connectivity index (χ1v) is 6.79. The van der Waals surface area contributed by atoms with Crippen LogP contribution in [0.2, 0.25) is 0 Å². The third kappa shape index (κ3) is 2.46. The van der Waals surface area contributed by atoms with Gasteiger partial charge in [0, 0.05) is 25.4 Å². The molecule has 0 atom stereocenters. The van der Waals surface area contributed by atoms with Gasteiger partial charge in [-0.25, -0.2) is 4.39 Å². The van der Waals surface area contributed by atoms with Crippen molar-refractivity contribution in [3.8, 4) is 0 Å². The molecule has 0 fully saturated rings. The van der Waals surface area contributed by atoms with Gasteiger partial charge in [0.1, 0.15) is 5.82 Å². The minimum absolute atomic E-state index is 0.0185. The van der Waals surface area contributed by atoms with Crippen LogP contribution in [0.4, 0.5) is 10.1 Å². The van der Waals surface area contributed by atoms with E-state index in [9.17, 15) is 14.0 Å². The van der Waals surface area contributed by atoms with Crippen molar-refractivity contribution in [1.29, 1.82) is 0 Å². The molecule has 1 aliphatic heterocycles. The number of carbonyl (C=O) groups is 2. The number of benzene rings is 1. The number of halogens is 1. The number of hydrogen-bond donors (Lipinski definition) is 0. The summed E-state index contributed by atoms with van der Waals surface area (Å²) in [6.07, 6.45) is 2.60. The van der Waals surface area contributed by atoms with E-state index in [0.717, 1.165) is 5.56 Å². The molecule has 108 valence electrons. The van der Waals surface area contributed by atoms with E-state index in [1.165, 1.54) is 17.0 Å². The van der Waals surface area contributed by atoms with Crippen molar-refractivity contribution in [2.24, 2.45) is 7.05 Å². The van der Waals surface area contributed by atoms with E-state index in [-0.39, 0.29) is 24.1 Å². The van der Waals surface area contributed by atoms with Crippen LogP contribution in [0.1, 0.15) is 22.5 Å². The Labute approximate surface area is 121 Å². The molecule has 0 radical (unpaired) electrons. The maximum Gasteiger partial charge on any atom is 0.227 e. The molecule has 21 heavy (non-hydrogen) atoms. The zero-order valence-corrected chi connectivity index (χ0v) is 11.7. The summed E-state index contributed by atoms with van der Waals surface area (Å²) in [7, 11) is 1.79. The van der Waals surface area contributed by atoms with Gasteiger partial charge in [-0.05, 0) is 42.3 Å². The van der Waals surface area contributed by atoms with Gasteiger partial charge in [-0.2, -0.15) is 0 Å². The van der Waals surface area contributed by atoms with Crippen molar-refractivity contribution in [2.75, 3.05) is 11.4 Å². The average Bonchev–Trinajstić information content (AvgIpc) is 2.88. The molecule has 0 saturated heterocycles. The number of fused-ring (bicyclic) bond motifs is 1. The second-order valence-corrected chi connectivity index (χ2v) is 5.18. The van der Waals surface area contributed by atoms with Gasteiger partial charge in [0.15, 0.2) is 5.78 Å². The molecule has 0 unspecified atom stereocenters. The Balaban J connectivity index is 1.90. The summed E-state index contributed by atoms with van der Waals surface area (Å²) in [4.78, 5) is 25.9. The quantitative estimate of drug-likeness (QED) is 0.813. The van der Waals surface area contributed by atoms with Crippen LogP contribution in [-0.2, 0) is 18.3 Å². The summed E-state index contributed by atoms with van der Waals surface area (Å²) in [6.45, 7) is -0.0185. The van der Waals surface area contributed by atoms with Crippen LogP contribution in [-0.4, -0.2) is 22.8 Å². The number of hydrogen-bond acceptors (Lipinski definition) is 2. The number of ketones is 1. The number of carbonyl (C=O) groups excluding carboxylic acids is 2. The fourth-order valence-electron chi connectivity index (χ4n) is 2.68. The molecule has 0 N–H and O–H groups in total. The van der Waals surface area contributed by atoms with Crippen molar-refractivity contribution < 1.29 is 14.0 Å². The number of rotatable bonds is 3. The number of aromatic nitrogens is 1. The predicted molar refractivity (Wildman–Crippen MR) is 76.8 cm³/mol. The molecule has 1 amide bonds.